The van der Waals surface area contributed by atoms with Gasteiger partial charge in [-0.3, -0.25) is 14.2 Å². The molecule has 0 aliphatic carbocycles. The van der Waals surface area contributed by atoms with Crippen molar-refractivity contribution in [3.8, 4) is 0 Å². The average molecular weight is 418 g/mol. The second-order valence-corrected chi connectivity index (χ2v) is 7.48. The van der Waals surface area contributed by atoms with Gasteiger partial charge in [-0.1, -0.05) is 36.0 Å². The van der Waals surface area contributed by atoms with Gasteiger partial charge in [-0.15, -0.1) is 0 Å². The van der Waals surface area contributed by atoms with Crippen molar-refractivity contribution in [1.82, 2.24) is 14.9 Å². The summed E-state index contributed by atoms with van der Waals surface area (Å²) in [5.74, 6) is -0.855. The summed E-state index contributed by atoms with van der Waals surface area (Å²) >= 11 is 0.913. The number of thioether (sulfide) groups is 1. The number of benzene rings is 2. The van der Waals surface area contributed by atoms with E-state index in [1.54, 1.807) is 48.5 Å². The summed E-state index contributed by atoms with van der Waals surface area (Å²) in [5, 5.41) is 5.50. The zero-order chi connectivity index (χ0) is 21.0. The fourth-order valence-electron chi connectivity index (χ4n) is 2.76. The van der Waals surface area contributed by atoms with E-state index in [0.29, 0.717) is 22.3 Å². The van der Waals surface area contributed by atoms with Crippen LogP contribution in [0.5, 0.6) is 0 Å². The predicted molar refractivity (Wildman–Crippen MR) is 109 cm³/mol. The number of imidazole rings is 1. The first kappa shape index (κ1) is 20.8. The molecular weight excluding hydrogens is 398 g/mol. The third-order valence-electron chi connectivity index (χ3n) is 3.96. The molecule has 0 unspecified atom stereocenters. The Morgan fingerprint density at radius 2 is 1.79 bits per heavy atom. The van der Waals surface area contributed by atoms with Gasteiger partial charge < -0.3 is 10.6 Å². The molecule has 29 heavy (non-hydrogen) atoms. The summed E-state index contributed by atoms with van der Waals surface area (Å²) in [6.45, 7) is 0.906. The fourth-order valence-corrected chi connectivity index (χ4v) is 3.57. The molecule has 1 heterocycles. The van der Waals surface area contributed by atoms with Crippen LogP contribution < -0.4 is 10.6 Å². The number of alkyl halides is 2. The van der Waals surface area contributed by atoms with Crippen molar-refractivity contribution >= 4 is 40.3 Å². The van der Waals surface area contributed by atoms with Crippen LogP contribution in [0.1, 0.15) is 30.8 Å². The Hall–Kier alpha value is -2.94. The number of halogens is 2. The molecular formula is C20H20F2N4O2S. The Morgan fingerprint density at radius 3 is 2.52 bits per heavy atom. The minimum absolute atomic E-state index is 0.0517. The molecule has 0 saturated heterocycles. The number of hydrogen-bond donors (Lipinski definition) is 2. The van der Waals surface area contributed by atoms with Crippen LogP contribution in [0.2, 0.25) is 0 Å². The molecule has 152 valence electrons. The molecule has 3 rings (SSSR count). The Bertz CT molecular complexity index is 1040. The molecule has 6 nitrogen and oxygen atoms in total. The Balaban J connectivity index is 1.73. The second-order valence-electron chi connectivity index (χ2n) is 6.54. The number of rotatable bonds is 7. The average Bonchev–Trinajstić information content (AvgIpc) is 3.05. The minimum Gasteiger partial charge on any atom is -0.350 e. The lowest BCUT2D eigenvalue weighted by molar-refractivity contribution is -0.113. The van der Waals surface area contributed by atoms with Crippen LogP contribution in [0.25, 0.3) is 11.0 Å². The molecule has 0 fully saturated rings. The second kappa shape index (κ2) is 9.04. The standard InChI is InChI=1S/C20H20F2N4O2S/c1-12(2)23-18(28)13-7-3-4-8-14(13)24-17(27)11-29-20-25-15-9-5-6-10-16(15)26(20)19(21)22/h3-10,12,19H,11H2,1-2H3,(H,23,28)(H,24,27). The molecule has 2 amide bonds. The lowest BCUT2D eigenvalue weighted by Gasteiger charge is -2.13. The summed E-state index contributed by atoms with van der Waals surface area (Å²) in [4.78, 5) is 28.9. The summed E-state index contributed by atoms with van der Waals surface area (Å²) < 4.78 is 27.7. The quantitative estimate of drug-likeness (QED) is 0.561. The summed E-state index contributed by atoms with van der Waals surface area (Å²) in [7, 11) is 0. The Kier molecular flexibility index (Phi) is 6.48. The third-order valence-corrected chi connectivity index (χ3v) is 4.91. The normalized spacial score (nSPS) is 11.2. The predicted octanol–water partition coefficient (Wildman–Crippen LogP) is 4.30. The maximum absolute atomic E-state index is 13.5. The minimum atomic E-state index is -2.77. The van der Waals surface area contributed by atoms with Crippen LogP contribution in [-0.4, -0.2) is 33.2 Å². The Labute approximate surface area is 170 Å². The topological polar surface area (TPSA) is 76.0 Å². The van der Waals surface area contributed by atoms with Gasteiger partial charge in [0.05, 0.1) is 28.0 Å². The molecule has 2 N–H and O–H groups in total. The van der Waals surface area contributed by atoms with Gasteiger partial charge in [0, 0.05) is 6.04 Å². The molecule has 0 saturated carbocycles. The number of aromatic nitrogens is 2. The SMILES string of the molecule is CC(C)NC(=O)c1ccccc1NC(=O)CSc1nc2ccccc2n1C(F)F. The lowest BCUT2D eigenvalue weighted by atomic mass is 10.1. The van der Waals surface area contributed by atoms with Crippen LogP contribution in [0.15, 0.2) is 53.7 Å². The van der Waals surface area contributed by atoms with Crippen molar-refractivity contribution in [2.24, 2.45) is 0 Å². The molecule has 0 aliphatic heterocycles. The van der Waals surface area contributed by atoms with Crippen LogP contribution >= 0.6 is 11.8 Å². The fraction of sp³-hybridized carbons (Fsp3) is 0.250. The maximum Gasteiger partial charge on any atom is 0.321 e. The van der Waals surface area contributed by atoms with E-state index in [9.17, 15) is 18.4 Å². The van der Waals surface area contributed by atoms with Gasteiger partial charge in [0.1, 0.15) is 0 Å². The molecule has 0 radical (unpaired) electrons. The number of hydrogen-bond acceptors (Lipinski definition) is 4. The summed E-state index contributed by atoms with van der Waals surface area (Å²) in [5.41, 5.74) is 1.44. The zero-order valence-corrected chi connectivity index (χ0v) is 16.7. The highest BCUT2D eigenvalue weighted by molar-refractivity contribution is 7.99. The molecule has 0 atom stereocenters. The first-order valence-electron chi connectivity index (χ1n) is 8.94. The van der Waals surface area contributed by atoms with Crippen molar-refractivity contribution in [2.45, 2.75) is 31.6 Å². The van der Waals surface area contributed by atoms with Crippen molar-refractivity contribution in [3.05, 3.63) is 54.1 Å². The number of amides is 2. The van der Waals surface area contributed by atoms with E-state index in [1.165, 1.54) is 0 Å². The third kappa shape index (κ3) is 4.92. The van der Waals surface area contributed by atoms with Crippen LogP contribution in [-0.2, 0) is 4.79 Å². The molecule has 1 aromatic heterocycles. The van der Waals surface area contributed by atoms with Gasteiger partial charge >= 0.3 is 6.55 Å². The molecule has 0 aliphatic rings. The van der Waals surface area contributed by atoms with Gasteiger partial charge in [0.2, 0.25) is 5.91 Å². The van der Waals surface area contributed by atoms with E-state index >= 15 is 0 Å². The number of carbonyl (C=O) groups excluding carboxylic acids is 2. The van der Waals surface area contributed by atoms with E-state index in [4.69, 9.17) is 0 Å². The van der Waals surface area contributed by atoms with Crippen molar-refractivity contribution in [2.75, 3.05) is 11.1 Å². The molecule has 0 spiro atoms. The van der Waals surface area contributed by atoms with E-state index in [-0.39, 0.29) is 22.9 Å². The van der Waals surface area contributed by atoms with Gasteiger partial charge in [0.25, 0.3) is 5.91 Å². The highest BCUT2D eigenvalue weighted by Crippen LogP contribution is 2.29. The zero-order valence-electron chi connectivity index (χ0n) is 15.9. The van der Waals surface area contributed by atoms with Crippen molar-refractivity contribution in [1.29, 1.82) is 0 Å². The molecule has 9 heteroatoms. The lowest BCUT2D eigenvalue weighted by Crippen LogP contribution is -2.31. The number of nitrogens with zero attached hydrogens (tertiary/aromatic N) is 2. The van der Waals surface area contributed by atoms with Gasteiger partial charge in [-0.25, -0.2) is 4.98 Å². The van der Waals surface area contributed by atoms with Crippen LogP contribution in [0.4, 0.5) is 14.5 Å². The van der Waals surface area contributed by atoms with Crippen molar-refractivity contribution in [3.63, 3.8) is 0 Å². The van der Waals surface area contributed by atoms with Crippen LogP contribution in [0.3, 0.4) is 0 Å². The smallest absolute Gasteiger partial charge is 0.321 e. The number of para-hydroxylation sites is 3. The summed E-state index contributed by atoms with van der Waals surface area (Å²) in [6.07, 6.45) is 0. The van der Waals surface area contributed by atoms with Gasteiger partial charge in [0.15, 0.2) is 5.16 Å². The first-order valence-corrected chi connectivity index (χ1v) is 9.93. The maximum atomic E-state index is 13.5. The number of anilines is 1. The Morgan fingerprint density at radius 1 is 1.10 bits per heavy atom. The highest BCUT2D eigenvalue weighted by atomic mass is 32.2. The van der Waals surface area contributed by atoms with Crippen LogP contribution in [0, 0.1) is 0 Å². The molecule has 2 aromatic carbocycles. The van der Waals surface area contributed by atoms with E-state index in [2.05, 4.69) is 15.6 Å². The van der Waals surface area contributed by atoms with Gasteiger partial charge in [-0.2, -0.15) is 8.78 Å². The molecule has 0 bridgehead atoms. The largest absolute Gasteiger partial charge is 0.350 e. The highest BCUT2D eigenvalue weighted by Gasteiger charge is 2.19. The van der Waals surface area contributed by atoms with Crippen molar-refractivity contribution < 1.29 is 18.4 Å². The first-order chi connectivity index (χ1) is 13.9. The molecule has 3 aromatic rings. The van der Waals surface area contributed by atoms with Gasteiger partial charge in [-0.05, 0) is 38.1 Å². The number of carbonyl (C=O) groups is 2. The number of fused-ring (bicyclic) bond motifs is 1. The van der Waals surface area contributed by atoms with E-state index in [0.717, 1.165) is 16.3 Å². The van der Waals surface area contributed by atoms with E-state index in [1.807, 2.05) is 13.8 Å². The van der Waals surface area contributed by atoms with E-state index < -0.39 is 12.5 Å². The number of nitrogens with one attached hydrogen (secondary N) is 2. The summed E-state index contributed by atoms with van der Waals surface area (Å²) in [6, 6.07) is 13.1. The monoisotopic (exact) mass is 418 g/mol.